The summed E-state index contributed by atoms with van der Waals surface area (Å²) in [5, 5.41) is 2.07. The van der Waals surface area contributed by atoms with E-state index in [0.29, 0.717) is 5.41 Å². The maximum absolute atomic E-state index is 4.27. The minimum absolute atomic E-state index is 0.391. The Labute approximate surface area is 104 Å². The van der Waals surface area contributed by atoms with Crippen molar-refractivity contribution in [3.8, 4) is 0 Å². The second-order valence-electron chi connectivity index (χ2n) is 3.67. The lowest BCUT2D eigenvalue weighted by atomic mass is 9.87. The zero-order chi connectivity index (χ0) is 11.1. The molecular weight excluding hydrogens is 272 g/mol. The van der Waals surface area contributed by atoms with Gasteiger partial charge in [-0.3, -0.25) is 4.98 Å². The van der Waals surface area contributed by atoms with Crippen molar-refractivity contribution in [2.45, 2.75) is 31.7 Å². The molecular formula is C11H17BrN2S. The Morgan fingerprint density at radius 3 is 2.53 bits per heavy atom. The van der Waals surface area contributed by atoms with Crippen molar-refractivity contribution in [1.29, 1.82) is 0 Å². The highest BCUT2D eigenvalue weighted by Crippen LogP contribution is 2.34. The van der Waals surface area contributed by atoms with Crippen LogP contribution in [0, 0.1) is 5.41 Å². The van der Waals surface area contributed by atoms with Gasteiger partial charge >= 0.3 is 0 Å². The highest BCUT2D eigenvalue weighted by molar-refractivity contribution is 9.09. The van der Waals surface area contributed by atoms with Crippen LogP contribution in [0.25, 0.3) is 0 Å². The molecule has 0 fully saturated rings. The summed E-state index contributed by atoms with van der Waals surface area (Å²) in [6.07, 6.45) is 7.68. The first-order valence-electron chi connectivity index (χ1n) is 5.21. The third-order valence-electron chi connectivity index (χ3n) is 2.85. The fraction of sp³-hybridized carbons (Fsp3) is 0.636. The predicted molar refractivity (Wildman–Crippen MR) is 69.6 cm³/mol. The molecule has 1 aromatic heterocycles. The molecule has 0 saturated heterocycles. The van der Waals surface area contributed by atoms with Crippen LogP contribution in [0.4, 0.5) is 0 Å². The van der Waals surface area contributed by atoms with Crippen LogP contribution in [0.15, 0.2) is 23.6 Å². The average Bonchev–Trinajstić information content (AvgIpc) is 2.33. The van der Waals surface area contributed by atoms with Crippen molar-refractivity contribution in [1.82, 2.24) is 9.97 Å². The molecule has 1 aromatic rings. The van der Waals surface area contributed by atoms with Crippen molar-refractivity contribution in [2.75, 3.05) is 11.1 Å². The van der Waals surface area contributed by atoms with Gasteiger partial charge in [-0.25, -0.2) is 4.98 Å². The summed E-state index contributed by atoms with van der Waals surface area (Å²) in [6.45, 7) is 4.50. The van der Waals surface area contributed by atoms with Crippen molar-refractivity contribution >= 4 is 27.7 Å². The van der Waals surface area contributed by atoms with Gasteiger partial charge in [-0.1, -0.05) is 29.8 Å². The monoisotopic (exact) mass is 288 g/mol. The Kier molecular flexibility index (Phi) is 5.61. The summed E-state index contributed by atoms with van der Waals surface area (Å²) < 4.78 is 0. The van der Waals surface area contributed by atoms with Crippen LogP contribution >= 0.6 is 27.7 Å². The number of alkyl halides is 1. The maximum Gasteiger partial charge on any atom is 0.114 e. The number of thioether (sulfide) groups is 1. The van der Waals surface area contributed by atoms with Crippen LogP contribution in [0.2, 0.25) is 0 Å². The summed E-state index contributed by atoms with van der Waals surface area (Å²) in [4.78, 5) is 8.34. The molecule has 0 aliphatic rings. The third-order valence-corrected chi connectivity index (χ3v) is 5.30. The Bertz CT molecular complexity index is 267. The molecule has 0 aromatic carbocycles. The molecule has 0 radical (unpaired) electrons. The lowest BCUT2D eigenvalue weighted by Gasteiger charge is -2.28. The van der Waals surface area contributed by atoms with Crippen LogP contribution in [-0.4, -0.2) is 21.1 Å². The highest BCUT2D eigenvalue weighted by Gasteiger charge is 2.24. The predicted octanol–water partition coefficient (Wildman–Crippen LogP) is 3.77. The lowest BCUT2D eigenvalue weighted by Crippen LogP contribution is -2.23. The molecule has 0 N–H and O–H groups in total. The Morgan fingerprint density at radius 2 is 2.07 bits per heavy atom. The number of rotatable bonds is 6. The molecule has 84 valence electrons. The van der Waals surface area contributed by atoms with Crippen LogP contribution in [0.5, 0.6) is 0 Å². The normalized spacial score (nSPS) is 11.7. The second-order valence-corrected chi connectivity index (χ2v) is 5.23. The molecule has 0 aliphatic carbocycles. The van der Waals surface area contributed by atoms with E-state index in [1.54, 1.807) is 24.2 Å². The molecule has 0 amide bonds. The van der Waals surface area contributed by atoms with E-state index in [1.165, 1.54) is 12.8 Å². The molecule has 0 saturated carbocycles. The summed E-state index contributed by atoms with van der Waals surface area (Å²) in [6, 6.07) is 0. The number of nitrogens with zero attached hydrogens (tertiary/aromatic N) is 2. The van der Waals surface area contributed by atoms with Crippen LogP contribution < -0.4 is 0 Å². The SMILES string of the molecule is CCC(CC)(CBr)CSc1cnccn1. The van der Waals surface area contributed by atoms with Crippen molar-refractivity contribution < 1.29 is 0 Å². The molecule has 4 heteroatoms. The fourth-order valence-corrected chi connectivity index (χ4v) is 3.76. The first-order chi connectivity index (χ1) is 7.26. The van der Waals surface area contributed by atoms with Crippen molar-refractivity contribution in [2.24, 2.45) is 5.41 Å². The standard InChI is InChI=1S/C11H17BrN2S/c1-3-11(4-2,8-12)9-15-10-7-13-5-6-14-10/h5-7H,3-4,8-9H2,1-2H3. The van der Waals surface area contributed by atoms with Gasteiger partial charge in [0.15, 0.2) is 0 Å². The molecule has 0 atom stereocenters. The lowest BCUT2D eigenvalue weighted by molar-refractivity contribution is 0.359. The first kappa shape index (κ1) is 13.0. The van der Waals surface area contributed by atoms with Gasteiger partial charge in [0.1, 0.15) is 5.03 Å². The smallest absolute Gasteiger partial charge is 0.114 e. The number of hydrogen-bond donors (Lipinski definition) is 0. The van der Waals surface area contributed by atoms with Crippen LogP contribution in [0.3, 0.4) is 0 Å². The van der Waals surface area contributed by atoms with Crippen molar-refractivity contribution in [3.05, 3.63) is 18.6 Å². The zero-order valence-electron chi connectivity index (χ0n) is 9.24. The quantitative estimate of drug-likeness (QED) is 0.589. The van der Waals surface area contributed by atoms with Gasteiger partial charge in [0.2, 0.25) is 0 Å². The molecule has 0 unspecified atom stereocenters. The van der Waals surface area contributed by atoms with Gasteiger partial charge in [-0.05, 0) is 18.3 Å². The average molecular weight is 289 g/mol. The summed E-state index contributed by atoms with van der Waals surface area (Å²) >= 11 is 5.42. The molecule has 1 heterocycles. The van der Waals surface area contributed by atoms with E-state index >= 15 is 0 Å². The van der Waals surface area contributed by atoms with Crippen LogP contribution in [0.1, 0.15) is 26.7 Å². The minimum atomic E-state index is 0.391. The fourth-order valence-electron chi connectivity index (χ4n) is 1.27. The van der Waals surface area contributed by atoms with Gasteiger partial charge in [-0.2, -0.15) is 0 Å². The van der Waals surface area contributed by atoms with E-state index in [4.69, 9.17) is 0 Å². The molecule has 15 heavy (non-hydrogen) atoms. The Morgan fingerprint density at radius 1 is 1.33 bits per heavy atom. The third kappa shape index (κ3) is 3.76. The summed E-state index contributed by atoms with van der Waals surface area (Å²) in [7, 11) is 0. The van der Waals surface area contributed by atoms with Gasteiger partial charge < -0.3 is 0 Å². The minimum Gasteiger partial charge on any atom is -0.260 e. The molecule has 0 aliphatic heterocycles. The maximum atomic E-state index is 4.27. The first-order valence-corrected chi connectivity index (χ1v) is 7.32. The topological polar surface area (TPSA) is 25.8 Å². The van der Waals surface area contributed by atoms with E-state index in [0.717, 1.165) is 16.1 Å². The number of halogens is 1. The summed E-state index contributed by atoms with van der Waals surface area (Å²) in [5.41, 5.74) is 0.391. The van der Waals surface area contributed by atoms with E-state index in [2.05, 4.69) is 39.7 Å². The number of aromatic nitrogens is 2. The zero-order valence-corrected chi connectivity index (χ0v) is 11.6. The summed E-state index contributed by atoms with van der Waals surface area (Å²) in [5.74, 6) is 1.10. The highest BCUT2D eigenvalue weighted by atomic mass is 79.9. The Balaban J connectivity index is 2.54. The molecule has 0 spiro atoms. The van der Waals surface area contributed by atoms with Gasteiger partial charge in [0.05, 0.1) is 6.20 Å². The van der Waals surface area contributed by atoms with Gasteiger partial charge in [0.25, 0.3) is 0 Å². The van der Waals surface area contributed by atoms with E-state index in [1.807, 2.05) is 6.20 Å². The number of hydrogen-bond acceptors (Lipinski definition) is 3. The van der Waals surface area contributed by atoms with Gasteiger partial charge in [0, 0.05) is 23.5 Å². The largest absolute Gasteiger partial charge is 0.260 e. The second kappa shape index (κ2) is 6.48. The van der Waals surface area contributed by atoms with Crippen LogP contribution in [-0.2, 0) is 0 Å². The Hall–Kier alpha value is -0.0900. The molecule has 2 nitrogen and oxygen atoms in total. The van der Waals surface area contributed by atoms with Crippen molar-refractivity contribution in [3.63, 3.8) is 0 Å². The van der Waals surface area contributed by atoms with E-state index < -0.39 is 0 Å². The van der Waals surface area contributed by atoms with Gasteiger partial charge in [-0.15, -0.1) is 11.8 Å². The molecule has 0 bridgehead atoms. The van der Waals surface area contributed by atoms with E-state index in [-0.39, 0.29) is 0 Å². The molecule has 1 rings (SSSR count). The van der Waals surface area contributed by atoms with E-state index in [9.17, 15) is 0 Å².